The Morgan fingerprint density at radius 1 is 1.15 bits per heavy atom. The minimum atomic E-state index is 0.241. The average molecular weight is 383 g/mol. The van der Waals surface area contributed by atoms with E-state index in [-0.39, 0.29) is 6.61 Å². The summed E-state index contributed by atoms with van der Waals surface area (Å²) in [5.74, 6) is 0. The lowest BCUT2D eigenvalue weighted by molar-refractivity contribution is 0.0493. The van der Waals surface area contributed by atoms with Gasteiger partial charge in [0.25, 0.3) is 0 Å². The summed E-state index contributed by atoms with van der Waals surface area (Å²) < 4.78 is 2.21. The van der Waals surface area contributed by atoms with Gasteiger partial charge in [0.2, 0.25) is 0 Å². The average Bonchev–Trinajstić information content (AvgIpc) is 3.37. The Morgan fingerprint density at radius 2 is 2.11 bits per heavy atom. The second-order valence-corrected chi connectivity index (χ2v) is 7.86. The fourth-order valence-corrected chi connectivity index (χ4v) is 4.53. The standard InChI is InChI=1S/C21H26N4OS/c26-11-5-20-15-23(9-10-24(20)14-18-6-12-27-17-18)16-21-4-2-8-25(21)19-3-1-7-22-13-19/h1-4,6-8,12-13,17,20,26H,5,9-11,14-16H2/t20-/m1/s1. The summed E-state index contributed by atoms with van der Waals surface area (Å²) in [5, 5.41) is 13.9. The van der Waals surface area contributed by atoms with Gasteiger partial charge in [-0.25, -0.2) is 0 Å². The Kier molecular flexibility index (Phi) is 5.99. The molecule has 0 spiro atoms. The zero-order valence-electron chi connectivity index (χ0n) is 15.4. The summed E-state index contributed by atoms with van der Waals surface area (Å²) >= 11 is 1.75. The van der Waals surface area contributed by atoms with Crippen LogP contribution in [0.2, 0.25) is 0 Å². The first-order valence-electron chi connectivity index (χ1n) is 9.48. The number of pyridine rings is 1. The molecule has 142 valence electrons. The molecule has 1 fully saturated rings. The van der Waals surface area contributed by atoms with Gasteiger partial charge >= 0.3 is 0 Å². The van der Waals surface area contributed by atoms with Gasteiger partial charge in [-0.2, -0.15) is 11.3 Å². The van der Waals surface area contributed by atoms with E-state index in [4.69, 9.17) is 0 Å². The van der Waals surface area contributed by atoms with Gasteiger partial charge in [-0.05, 0) is 53.1 Å². The maximum absolute atomic E-state index is 9.54. The molecule has 1 saturated heterocycles. The van der Waals surface area contributed by atoms with Crippen molar-refractivity contribution in [2.24, 2.45) is 0 Å². The number of hydrogen-bond acceptors (Lipinski definition) is 5. The van der Waals surface area contributed by atoms with Crippen LogP contribution < -0.4 is 0 Å². The largest absolute Gasteiger partial charge is 0.396 e. The second-order valence-electron chi connectivity index (χ2n) is 7.08. The third kappa shape index (κ3) is 4.47. The topological polar surface area (TPSA) is 44.5 Å². The van der Waals surface area contributed by atoms with Crippen molar-refractivity contribution in [2.75, 3.05) is 26.2 Å². The maximum atomic E-state index is 9.54. The van der Waals surface area contributed by atoms with Crippen molar-refractivity contribution >= 4 is 11.3 Å². The van der Waals surface area contributed by atoms with E-state index in [0.29, 0.717) is 6.04 Å². The van der Waals surface area contributed by atoms with Gasteiger partial charge in [-0.1, -0.05) is 0 Å². The van der Waals surface area contributed by atoms with E-state index >= 15 is 0 Å². The van der Waals surface area contributed by atoms with E-state index in [1.54, 1.807) is 17.5 Å². The molecule has 0 saturated carbocycles. The van der Waals surface area contributed by atoms with Crippen molar-refractivity contribution in [1.82, 2.24) is 19.4 Å². The molecule has 1 aliphatic heterocycles. The van der Waals surface area contributed by atoms with Crippen molar-refractivity contribution in [2.45, 2.75) is 25.6 Å². The first-order chi connectivity index (χ1) is 13.3. The number of aliphatic hydroxyl groups is 1. The number of thiophene rings is 1. The molecule has 1 atom stereocenters. The quantitative estimate of drug-likeness (QED) is 0.682. The fourth-order valence-electron chi connectivity index (χ4n) is 3.87. The molecule has 5 nitrogen and oxygen atoms in total. The Hall–Kier alpha value is -1.99. The van der Waals surface area contributed by atoms with Crippen LogP contribution in [0.15, 0.2) is 59.7 Å². The zero-order chi connectivity index (χ0) is 18.5. The molecular formula is C21H26N4OS. The smallest absolute Gasteiger partial charge is 0.0636 e. The number of piperazine rings is 1. The summed E-state index contributed by atoms with van der Waals surface area (Å²) in [5.41, 5.74) is 3.75. The van der Waals surface area contributed by atoms with Crippen molar-refractivity contribution in [3.63, 3.8) is 0 Å². The molecule has 1 aliphatic rings. The van der Waals surface area contributed by atoms with Gasteiger partial charge in [0.1, 0.15) is 0 Å². The summed E-state index contributed by atoms with van der Waals surface area (Å²) in [7, 11) is 0. The van der Waals surface area contributed by atoms with Crippen LogP contribution in [-0.4, -0.2) is 56.7 Å². The predicted molar refractivity (Wildman–Crippen MR) is 109 cm³/mol. The molecule has 0 aromatic carbocycles. The van der Waals surface area contributed by atoms with E-state index in [0.717, 1.165) is 44.8 Å². The summed E-state index contributed by atoms with van der Waals surface area (Å²) in [6.07, 6.45) is 6.63. The molecule has 4 heterocycles. The Bertz CT molecular complexity index is 818. The van der Waals surface area contributed by atoms with Gasteiger partial charge in [0.05, 0.1) is 11.9 Å². The van der Waals surface area contributed by atoms with E-state index in [1.165, 1.54) is 11.3 Å². The van der Waals surface area contributed by atoms with E-state index in [9.17, 15) is 5.11 Å². The molecular weight excluding hydrogens is 356 g/mol. The lowest BCUT2D eigenvalue weighted by Crippen LogP contribution is -2.52. The van der Waals surface area contributed by atoms with Crippen molar-refractivity contribution < 1.29 is 5.11 Å². The monoisotopic (exact) mass is 382 g/mol. The Labute approximate surface area is 164 Å². The number of aromatic nitrogens is 2. The van der Waals surface area contributed by atoms with E-state index in [2.05, 4.69) is 60.6 Å². The van der Waals surface area contributed by atoms with Gasteiger partial charge in [0, 0.05) is 63.5 Å². The van der Waals surface area contributed by atoms with Crippen LogP contribution in [0, 0.1) is 0 Å². The molecule has 6 heteroatoms. The first-order valence-corrected chi connectivity index (χ1v) is 10.4. The van der Waals surface area contributed by atoms with Crippen molar-refractivity contribution in [3.05, 3.63) is 70.9 Å². The highest BCUT2D eigenvalue weighted by molar-refractivity contribution is 7.07. The minimum absolute atomic E-state index is 0.241. The molecule has 27 heavy (non-hydrogen) atoms. The summed E-state index contributed by atoms with van der Waals surface area (Å²) in [6.45, 7) is 5.20. The molecule has 3 aromatic heterocycles. The lowest BCUT2D eigenvalue weighted by atomic mass is 10.1. The SMILES string of the molecule is OCC[C@@H]1CN(Cc2cccn2-c2cccnc2)CCN1Cc1ccsc1. The van der Waals surface area contributed by atoms with Gasteiger partial charge in [-0.3, -0.25) is 14.8 Å². The van der Waals surface area contributed by atoms with Crippen LogP contribution in [0.5, 0.6) is 0 Å². The van der Waals surface area contributed by atoms with Crippen LogP contribution in [0.4, 0.5) is 0 Å². The lowest BCUT2D eigenvalue weighted by Gasteiger charge is -2.41. The van der Waals surface area contributed by atoms with Crippen LogP contribution in [0.1, 0.15) is 17.7 Å². The highest BCUT2D eigenvalue weighted by Crippen LogP contribution is 2.20. The first kappa shape index (κ1) is 18.4. The fraction of sp³-hybridized carbons (Fsp3) is 0.381. The van der Waals surface area contributed by atoms with Gasteiger partial charge in [-0.15, -0.1) is 0 Å². The Morgan fingerprint density at radius 3 is 2.89 bits per heavy atom. The minimum Gasteiger partial charge on any atom is -0.396 e. The molecule has 4 rings (SSSR count). The highest BCUT2D eigenvalue weighted by atomic mass is 32.1. The zero-order valence-corrected chi connectivity index (χ0v) is 16.3. The summed E-state index contributed by atoms with van der Waals surface area (Å²) in [6, 6.07) is 10.9. The number of aliphatic hydroxyl groups excluding tert-OH is 1. The Balaban J connectivity index is 1.43. The number of hydrogen-bond donors (Lipinski definition) is 1. The molecule has 1 N–H and O–H groups in total. The normalized spacial score (nSPS) is 18.8. The van der Waals surface area contributed by atoms with Crippen LogP contribution in [0.25, 0.3) is 5.69 Å². The number of nitrogens with zero attached hydrogens (tertiary/aromatic N) is 4. The molecule has 0 unspecified atom stereocenters. The van der Waals surface area contributed by atoms with Crippen LogP contribution in [0.3, 0.4) is 0 Å². The molecule has 0 bridgehead atoms. The van der Waals surface area contributed by atoms with E-state index in [1.807, 2.05) is 12.3 Å². The summed E-state index contributed by atoms with van der Waals surface area (Å²) in [4.78, 5) is 9.27. The maximum Gasteiger partial charge on any atom is 0.0636 e. The molecule has 0 radical (unpaired) electrons. The van der Waals surface area contributed by atoms with E-state index < -0.39 is 0 Å². The van der Waals surface area contributed by atoms with Crippen molar-refractivity contribution in [3.8, 4) is 5.69 Å². The van der Waals surface area contributed by atoms with Crippen LogP contribution >= 0.6 is 11.3 Å². The molecule has 0 amide bonds. The van der Waals surface area contributed by atoms with Crippen LogP contribution in [-0.2, 0) is 13.1 Å². The molecule has 0 aliphatic carbocycles. The predicted octanol–water partition coefficient (Wildman–Crippen LogP) is 3.00. The third-order valence-corrected chi connectivity index (χ3v) is 5.99. The van der Waals surface area contributed by atoms with Crippen molar-refractivity contribution in [1.29, 1.82) is 0 Å². The highest BCUT2D eigenvalue weighted by Gasteiger charge is 2.27. The van der Waals surface area contributed by atoms with Gasteiger partial charge < -0.3 is 9.67 Å². The van der Waals surface area contributed by atoms with Gasteiger partial charge in [0.15, 0.2) is 0 Å². The third-order valence-electron chi connectivity index (χ3n) is 5.26. The molecule has 3 aromatic rings. The second kappa shape index (κ2) is 8.80. The number of rotatable bonds is 7.